The Labute approximate surface area is 154 Å². The van der Waals surface area contributed by atoms with Crippen LogP contribution in [0.15, 0.2) is 18.2 Å². The number of benzene rings is 1. The van der Waals surface area contributed by atoms with Crippen LogP contribution in [0.3, 0.4) is 0 Å². The van der Waals surface area contributed by atoms with E-state index in [1.807, 2.05) is 6.07 Å². The minimum absolute atomic E-state index is 0.0999. The second-order valence-electron chi connectivity index (χ2n) is 7.38. The standard InChI is InChI=1S/C20H27NO5/c1-24-18(23)17-10-16(5-4-14(17)13-22)21-8-6-20(7-9-21)11-15(12-20)19(25-2)26-3/h4-5,10,13,15,19H,6-9,11-12H2,1-3H3. The number of nitrogens with zero attached hydrogens (tertiary/aromatic N) is 1. The molecule has 0 amide bonds. The third-order valence-electron chi connectivity index (χ3n) is 6.00. The maximum Gasteiger partial charge on any atom is 0.338 e. The lowest BCUT2D eigenvalue weighted by molar-refractivity contribution is -0.184. The van der Waals surface area contributed by atoms with E-state index in [0.717, 1.165) is 44.5 Å². The first-order valence-electron chi connectivity index (χ1n) is 9.04. The Balaban J connectivity index is 1.64. The molecule has 1 aliphatic carbocycles. The first-order valence-corrected chi connectivity index (χ1v) is 9.04. The number of piperidine rings is 1. The summed E-state index contributed by atoms with van der Waals surface area (Å²) in [5.41, 5.74) is 2.05. The molecule has 1 saturated carbocycles. The summed E-state index contributed by atoms with van der Waals surface area (Å²) in [6.45, 7) is 1.89. The van der Waals surface area contributed by atoms with Crippen molar-refractivity contribution in [2.75, 3.05) is 39.3 Å². The van der Waals surface area contributed by atoms with E-state index in [1.54, 1.807) is 26.4 Å². The molecule has 2 fully saturated rings. The van der Waals surface area contributed by atoms with Crippen molar-refractivity contribution in [1.82, 2.24) is 0 Å². The Hall–Kier alpha value is -1.92. The van der Waals surface area contributed by atoms with Gasteiger partial charge in [-0.25, -0.2) is 4.79 Å². The molecule has 1 aliphatic heterocycles. The Morgan fingerprint density at radius 1 is 1.19 bits per heavy atom. The number of carbonyl (C=O) groups excluding carboxylic acids is 2. The van der Waals surface area contributed by atoms with Crippen LogP contribution < -0.4 is 4.90 Å². The molecule has 142 valence electrons. The van der Waals surface area contributed by atoms with Crippen molar-refractivity contribution in [1.29, 1.82) is 0 Å². The number of rotatable bonds is 6. The Bertz CT molecular complexity index is 654. The molecule has 1 heterocycles. The van der Waals surface area contributed by atoms with Gasteiger partial charge in [0, 0.05) is 44.5 Å². The number of aldehydes is 1. The summed E-state index contributed by atoms with van der Waals surface area (Å²) in [4.78, 5) is 25.4. The number of esters is 1. The van der Waals surface area contributed by atoms with Crippen LogP contribution in [0.2, 0.25) is 0 Å². The molecule has 1 aromatic carbocycles. The van der Waals surface area contributed by atoms with Gasteiger partial charge in [0.2, 0.25) is 0 Å². The quantitative estimate of drug-likeness (QED) is 0.441. The normalized spacial score (nSPS) is 19.5. The van der Waals surface area contributed by atoms with Gasteiger partial charge in [0.15, 0.2) is 12.6 Å². The zero-order chi connectivity index (χ0) is 18.7. The van der Waals surface area contributed by atoms with Gasteiger partial charge in [-0.2, -0.15) is 0 Å². The highest BCUT2D eigenvalue weighted by Crippen LogP contribution is 2.54. The van der Waals surface area contributed by atoms with E-state index in [2.05, 4.69) is 4.90 Å². The summed E-state index contributed by atoms with van der Waals surface area (Å²) in [6, 6.07) is 5.37. The molecule has 0 aromatic heterocycles. The average molecular weight is 361 g/mol. The Kier molecular flexibility index (Phi) is 5.63. The van der Waals surface area contributed by atoms with Gasteiger partial charge in [-0.05, 0) is 49.3 Å². The second kappa shape index (κ2) is 7.76. The van der Waals surface area contributed by atoms with E-state index in [1.165, 1.54) is 7.11 Å². The zero-order valence-corrected chi connectivity index (χ0v) is 15.7. The topological polar surface area (TPSA) is 65.1 Å². The molecule has 0 atom stereocenters. The number of anilines is 1. The fourth-order valence-electron chi connectivity index (χ4n) is 4.50. The minimum Gasteiger partial charge on any atom is -0.465 e. The fraction of sp³-hybridized carbons (Fsp3) is 0.600. The van der Waals surface area contributed by atoms with Gasteiger partial charge < -0.3 is 19.1 Å². The van der Waals surface area contributed by atoms with Crippen LogP contribution in [-0.4, -0.2) is 53.0 Å². The summed E-state index contributed by atoms with van der Waals surface area (Å²) in [5.74, 6) is 0.00351. The smallest absolute Gasteiger partial charge is 0.338 e. The molecular formula is C20H27NO5. The summed E-state index contributed by atoms with van der Waals surface area (Å²) < 4.78 is 15.6. The van der Waals surface area contributed by atoms with Crippen LogP contribution >= 0.6 is 0 Å². The van der Waals surface area contributed by atoms with Crippen LogP contribution in [0.4, 0.5) is 5.69 Å². The number of ether oxygens (including phenoxy) is 3. The minimum atomic E-state index is -0.477. The van der Waals surface area contributed by atoms with E-state index in [-0.39, 0.29) is 6.29 Å². The van der Waals surface area contributed by atoms with Crippen molar-refractivity contribution in [3.63, 3.8) is 0 Å². The average Bonchev–Trinajstić information content (AvgIpc) is 2.67. The van der Waals surface area contributed by atoms with Gasteiger partial charge in [0.25, 0.3) is 0 Å². The largest absolute Gasteiger partial charge is 0.465 e. The lowest BCUT2D eigenvalue weighted by Gasteiger charge is -2.54. The van der Waals surface area contributed by atoms with Crippen molar-refractivity contribution in [2.24, 2.45) is 11.3 Å². The van der Waals surface area contributed by atoms with E-state index in [9.17, 15) is 9.59 Å². The molecule has 6 heteroatoms. The van der Waals surface area contributed by atoms with Crippen molar-refractivity contribution in [3.8, 4) is 0 Å². The van der Waals surface area contributed by atoms with Gasteiger partial charge in [-0.1, -0.05) is 0 Å². The predicted octanol–water partition coefficient (Wildman–Crippen LogP) is 2.90. The van der Waals surface area contributed by atoms with E-state index in [0.29, 0.717) is 28.7 Å². The van der Waals surface area contributed by atoms with Crippen LogP contribution in [0.5, 0.6) is 0 Å². The molecule has 1 aromatic rings. The first-order chi connectivity index (χ1) is 12.6. The highest BCUT2D eigenvalue weighted by Gasteiger charge is 2.48. The van der Waals surface area contributed by atoms with Crippen molar-refractivity contribution >= 4 is 17.9 Å². The van der Waals surface area contributed by atoms with Gasteiger partial charge in [-0.3, -0.25) is 4.79 Å². The molecule has 6 nitrogen and oxygen atoms in total. The molecular weight excluding hydrogens is 334 g/mol. The zero-order valence-electron chi connectivity index (χ0n) is 15.7. The lowest BCUT2D eigenvalue weighted by atomic mass is 9.57. The van der Waals surface area contributed by atoms with Crippen LogP contribution in [0, 0.1) is 11.3 Å². The van der Waals surface area contributed by atoms with Crippen molar-refractivity contribution < 1.29 is 23.8 Å². The number of hydrogen-bond donors (Lipinski definition) is 0. The maximum atomic E-state index is 11.9. The SMILES string of the molecule is COC(=O)c1cc(N2CCC3(CC2)CC(C(OC)OC)C3)ccc1C=O. The summed E-state index contributed by atoms with van der Waals surface area (Å²) in [7, 11) is 4.72. The predicted molar refractivity (Wildman–Crippen MR) is 97.6 cm³/mol. The van der Waals surface area contributed by atoms with Crippen molar-refractivity contribution in [2.45, 2.75) is 32.0 Å². The van der Waals surface area contributed by atoms with Crippen LogP contribution in [0.1, 0.15) is 46.4 Å². The van der Waals surface area contributed by atoms with E-state index < -0.39 is 5.97 Å². The Morgan fingerprint density at radius 2 is 1.85 bits per heavy atom. The van der Waals surface area contributed by atoms with Gasteiger partial charge in [0.05, 0.1) is 12.7 Å². The maximum absolute atomic E-state index is 11.9. The third kappa shape index (κ3) is 3.48. The van der Waals surface area contributed by atoms with Crippen LogP contribution in [0.25, 0.3) is 0 Å². The molecule has 0 radical (unpaired) electrons. The molecule has 2 aliphatic rings. The van der Waals surface area contributed by atoms with E-state index in [4.69, 9.17) is 14.2 Å². The van der Waals surface area contributed by atoms with Crippen molar-refractivity contribution in [3.05, 3.63) is 29.3 Å². The molecule has 26 heavy (non-hydrogen) atoms. The second-order valence-corrected chi connectivity index (χ2v) is 7.38. The molecule has 0 unspecified atom stereocenters. The van der Waals surface area contributed by atoms with Gasteiger partial charge in [-0.15, -0.1) is 0 Å². The fourth-order valence-corrected chi connectivity index (χ4v) is 4.50. The highest BCUT2D eigenvalue weighted by atomic mass is 16.7. The number of carbonyl (C=O) groups is 2. The monoisotopic (exact) mass is 361 g/mol. The number of methoxy groups -OCH3 is 3. The lowest BCUT2D eigenvalue weighted by Crippen LogP contribution is -2.50. The molecule has 0 bridgehead atoms. The molecule has 0 N–H and O–H groups in total. The van der Waals surface area contributed by atoms with Crippen LogP contribution in [-0.2, 0) is 14.2 Å². The van der Waals surface area contributed by atoms with E-state index >= 15 is 0 Å². The summed E-state index contributed by atoms with van der Waals surface area (Å²) in [6.07, 6.45) is 5.11. The number of hydrogen-bond acceptors (Lipinski definition) is 6. The van der Waals surface area contributed by atoms with Gasteiger partial charge >= 0.3 is 5.97 Å². The third-order valence-corrected chi connectivity index (χ3v) is 6.00. The first kappa shape index (κ1) is 18.9. The summed E-state index contributed by atoms with van der Waals surface area (Å²) in [5, 5.41) is 0. The Morgan fingerprint density at radius 3 is 2.38 bits per heavy atom. The molecule has 1 spiro atoms. The summed E-state index contributed by atoms with van der Waals surface area (Å²) >= 11 is 0. The van der Waals surface area contributed by atoms with Gasteiger partial charge in [0.1, 0.15) is 0 Å². The highest BCUT2D eigenvalue weighted by molar-refractivity contribution is 5.99. The molecule has 3 rings (SSSR count). The molecule has 1 saturated heterocycles.